The van der Waals surface area contributed by atoms with Crippen molar-refractivity contribution < 1.29 is 37.8 Å². The molecule has 2 fully saturated rings. The number of carbonyl (C=O) groups is 4. The highest BCUT2D eigenvalue weighted by Crippen LogP contribution is 2.41. The summed E-state index contributed by atoms with van der Waals surface area (Å²) in [4.78, 5) is 56.6. The van der Waals surface area contributed by atoms with Crippen LogP contribution in [0.5, 0.6) is 17.2 Å². The number of hydrogen-bond acceptors (Lipinski definition) is 8. The second kappa shape index (κ2) is 13.0. The number of carbonyl (C=O) groups excluding carboxylic acids is 4. The Hall–Kier alpha value is -4.10. The van der Waals surface area contributed by atoms with E-state index in [1.165, 1.54) is 7.11 Å². The first-order valence-corrected chi connectivity index (χ1v) is 20.0. The molecule has 2 aromatic rings. The molecule has 264 valence electrons. The van der Waals surface area contributed by atoms with Gasteiger partial charge in [0.05, 0.1) is 48.9 Å². The van der Waals surface area contributed by atoms with Crippen molar-refractivity contribution in [2.24, 2.45) is 5.92 Å². The molecule has 0 bridgehead atoms. The Bertz CT molecular complexity index is 1690. The van der Waals surface area contributed by atoms with Gasteiger partial charge in [0.1, 0.15) is 17.8 Å². The van der Waals surface area contributed by atoms with Gasteiger partial charge in [-0.25, -0.2) is 0 Å². The summed E-state index contributed by atoms with van der Waals surface area (Å²) in [6, 6.07) is 5.68. The van der Waals surface area contributed by atoms with Crippen LogP contribution in [0.1, 0.15) is 73.2 Å². The zero-order valence-electron chi connectivity index (χ0n) is 29.7. The fourth-order valence-electron chi connectivity index (χ4n) is 6.87. The molecule has 0 aromatic heterocycles. The van der Waals surface area contributed by atoms with Gasteiger partial charge in [-0.2, -0.15) is 0 Å². The maximum absolute atomic E-state index is 13.7. The second-order valence-corrected chi connectivity index (χ2v) is 20.0. The van der Waals surface area contributed by atoms with Crippen molar-refractivity contribution in [1.29, 1.82) is 0 Å². The molecule has 13 heteroatoms. The van der Waals surface area contributed by atoms with Crippen molar-refractivity contribution >= 4 is 43.3 Å². The average Bonchev–Trinajstić information content (AvgIpc) is 3.60. The van der Waals surface area contributed by atoms with Crippen LogP contribution in [0.2, 0.25) is 18.1 Å². The van der Waals surface area contributed by atoms with Gasteiger partial charge in [-0.1, -0.05) is 27.7 Å². The van der Waals surface area contributed by atoms with Gasteiger partial charge in [0.15, 0.2) is 19.8 Å². The molecule has 0 unspecified atom stereocenters. The molecule has 6 rings (SSSR count). The van der Waals surface area contributed by atoms with Gasteiger partial charge < -0.3 is 39.1 Å². The summed E-state index contributed by atoms with van der Waals surface area (Å²) in [6.07, 6.45) is 1.43. The molecule has 4 aliphatic rings. The Labute approximate surface area is 288 Å². The topological polar surface area (TPSA) is 136 Å². The Morgan fingerprint density at radius 3 is 1.96 bits per heavy atom. The van der Waals surface area contributed by atoms with Crippen molar-refractivity contribution in [1.82, 2.24) is 9.80 Å². The van der Waals surface area contributed by atoms with Crippen LogP contribution >= 0.6 is 0 Å². The minimum Gasteiger partial charge on any atom is -0.493 e. The first-order valence-electron chi connectivity index (χ1n) is 17.1. The lowest BCUT2D eigenvalue weighted by molar-refractivity contribution is -0.120. The van der Waals surface area contributed by atoms with Gasteiger partial charge in [0.25, 0.3) is 11.8 Å². The van der Waals surface area contributed by atoms with Gasteiger partial charge in [-0.15, -0.1) is 0 Å². The van der Waals surface area contributed by atoms with Crippen molar-refractivity contribution in [2.45, 2.75) is 90.2 Å². The Morgan fingerprint density at radius 2 is 1.35 bits per heavy atom. The fourth-order valence-corrected chi connectivity index (χ4v) is 8.23. The molecule has 4 aliphatic heterocycles. The number of fused-ring (bicyclic) bond motifs is 4. The predicted molar refractivity (Wildman–Crippen MR) is 187 cm³/mol. The molecule has 4 atom stereocenters. The van der Waals surface area contributed by atoms with E-state index in [9.17, 15) is 19.2 Å². The highest BCUT2D eigenvalue weighted by molar-refractivity contribution is 6.74. The summed E-state index contributed by atoms with van der Waals surface area (Å²) in [5, 5.41) is 5.90. The monoisotopic (exact) mass is 692 g/mol. The molecule has 4 amide bonds. The number of benzene rings is 2. The van der Waals surface area contributed by atoms with Gasteiger partial charge in [-0.3, -0.25) is 19.2 Å². The summed E-state index contributed by atoms with van der Waals surface area (Å²) in [6.45, 7) is 16.3. The van der Waals surface area contributed by atoms with E-state index >= 15 is 0 Å². The number of methoxy groups -OCH3 is 1. The normalized spacial score (nSPS) is 23.5. The van der Waals surface area contributed by atoms with Crippen molar-refractivity contribution in [2.75, 3.05) is 44.0 Å². The number of rotatable bonds is 9. The minimum absolute atomic E-state index is 0.0244. The summed E-state index contributed by atoms with van der Waals surface area (Å²) in [5.74, 6) is 0.808. The number of aryl methyl sites for hydroxylation is 1. The van der Waals surface area contributed by atoms with E-state index in [-0.39, 0.29) is 47.3 Å². The van der Waals surface area contributed by atoms with E-state index in [2.05, 4.69) is 44.5 Å². The maximum Gasteiger partial charge on any atom is 0.256 e. The Balaban J connectivity index is 1.08. The number of amides is 4. The summed E-state index contributed by atoms with van der Waals surface area (Å²) in [5.41, 5.74) is 2.43. The fraction of sp³-hybridized carbons (Fsp3) is 0.556. The number of nitrogens with one attached hydrogen (secondary N) is 2. The molecule has 0 saturated carbocycles. The third kappa shape index (κ3) is 6.62. The van der Waals surface area contributed by atoms with Crippen LogP contribution in [0.3, 0.4) is 0 Å². The van der Waals surface area contributed by atoms with Crippen LogP contribution in [-0.2, 0) is 14.0 Å². The molecule has 0 spiro atoms. The van der Waals surface area contributed by atoms with E-state index < -0.39 is 20.4 Å². The first kappa shape index (κ1) is 34.7. The SMILES string of the molecule is COc1cc2c(cc1OCCCOc1cc3c(cc1C)C(=O)N1C[C@H](O[Si](C)(C)C(C)(C)C)C[C@H]1C(=O)N3)NC(=O)[C@@H]1C[C@@H](C)CN1C2=O. The molecule has 49 heavy (non-hydrogen) atoms. The van der Waals surface area contributed by atoms with Crippen LogP contribution in [0.4, 0.5) is 11.4 Å². The van der Waals surface area contributed by atoms with E-state index in [1.54, 1.807) is 34.1 Å². The van der Waals surface area contributed by atoms with Gasteiger partial charge >= 0.3 is 0 Å². The van der Waals surface area contributed by atoms with Crippen LogP contribution < -0.4 is 24.8 Å². The summed E-state index contributed by atoms with van der Waals surface area (Å²) in [7, 11) is -0.563. The van der Waals surface area contributed by atoms with E-state index in [1.807, 2.05) is 13.8 Å². The van der Waals surface area contributed by atoms with Crippen molar-refractivity contribution in [3.8, 4) is 17.2 Å². The zero-order valence-corrected chi connectivity index (χ0v) is 30.7. The Morgan fingerprint density at radius 1 is 0.796 bits per heavy atom. The number of hydrogen-bond donors (Lipinski definition) is 2. The molecule has 4 heterocycles. The second-order valence-electron chi connectivity index (χ2n) is 15.3. The van der Waals surface area contributed by atoms with Crippen molar-refractivity contribution in [3.05, 3.63) is 41.0 Å². The van der Waals surface area contributed by atoms with Crippen LogP contribution in [-0.4, -0.2) is 93.3 Å². The van der Waals surface area contributed by atoms with Gasteiger partial charge in [0.2, 0.25) is 11.8 Å². The number of nitrogens with zero attached hydrogens (tertiary/aromatic N) is 2. The van der Waals surface area contributed by atoms with E-state index in [0.717, 1.165) is 5.56 Å². The highest BCUT2D eigenvalue weighted by Gasteiger charge is 2.47. The third-order valence-electron chi connectivity index (χ3n) is 10.6. The highest BCUT2D eigenvalue weighted by atomic mass is 28.4. The van der Waals surface area contributed by atoms with Gasteiger partial charge in [-0.05, 0) is 55.1 Å². The molecule has 2 aromatic carbocycles. The lowest BCUT2D eigenvalue weighted by Gasteiger charge is -2.38. The first-order chi connectivity index (χ1) is 23.1. The largest absolute Gasteiger partial charge is 0.493 e. The smallest absolute Gasteiger partial charge is 0.256 e. The maximum atomic E-state index is 13.7. The lowest BCUT2D eigenvalue weighted by Crippen LogP contribution is -2.44. The minimum atomic E-state index is -2.07. The zero-order chi connectivity index (χ0) is 35.4. The third-order valence-corrected chi connectivity index (χ3v) is 15.1. The quantitative estimate of drug-likeness (QED) is 0.270. The lowest BCUT2D eigenvalue weighted by atomic mass is 10.1. The molecule has 0 aliphatic carbocycles. The van der Waals surface area contributed by atoms with Crippen LogP contribution in [0, 0.1) is 12.8 Å². The van der Waals surface area contributed by atoms with E-state index in [4.69, 9.17) is 18.6 Å². The van der Waals surface area contributed by atoms with Gasteiger partial charge in [0, 0.05) is 38.1 Å². The van der Waals surface area contributed by atoms with E-state index in [0.29, 0.717) is 78.7 Å². The van der Waals surface area contributed by atoms with Crippen LogP contribution in [0.15, 0.2) is 24.3 Å². The summed E-state index contributed by atoms with van der Waals surface area (Å²) >= 11 is 0. The van der Waals surface area contributed by atoms with Crippen molar-refractivity contribution in [3.63, 3.8) is 0 Å². The summed E-state index contributed by atoms with van der Waals surface area (Å²) < 4.78 is 24.2. The molecule has 0 radical (unpaired) electrons. The van der Waals surface area contributed by atoms with Crippen LogP contribution in [0.25, 0.3) is 0 Å². The average molecular weight is 693 g/mol. The number of anilines is 2. The molecule has 2 N–H and O–H groups in total. The predicted octanol–water partition coefficient (Wildman–Crippen LogP) is 5.21. The molecular formula is C36H48N4O8Si. The standard InChI is InChI=1S/C36H48N4O8Si/c1-20-12-27-32(41)38-26-17-31(30(45-6)15-24(26)35(44)39(27)18-20)47-11-9-10-46-29-16-25-23(13-21(29)2)34(43)40-19-22(14-28(40)33(42)37-25)48-49(7,8)36(3,4)5/h13,15-17,20,22,27-28H,9-12,14,18-19H2,1-8H3,(H,37,42)(H,38,41)/t20-,22-,27+,28+/m1/s1. The molecule has 2 saturated heterocycles. The molecular weight excluding hydrogens is 645 g/mol. The Kier molecular flexibility index (Phi) is 9.20. The molecule has 12 nitrogen and oxygen atoms in total. The number of ether oxygens (including phenoxy) is 3.